The molecular weight excluding hydrogens is 228 g/mol. The number of carboxylic acids is 1. The van der Waals surface area contributed by atoms with Gasteiger partial charge in [-0.25, -0.2) is 9.59 Å². The first-order chi connectivity index (χ1) is 8.04. The quantitative estimate of drug-likeness (QED) is 0.513. The highest BCUT2D eigenvalue weighted by Gasteiger charge is 2.27. The minimum Gasteiger partial charge on any atom is -0.480 e. The standard InChI is InChI=1S/C10H18N2O5/c1-6-7(3-5-17-6)11-10(16)12-8(2-4-13)9(14)15/h6-8,13H,2-5H2,1H3,(H,14,15)(H2,11,12,16)/t6?,7?,8-/m1/s1. The van der Waals surface area contributed by atoms with Gasteiger partial charge in [0, 0.05) is 19.6 Å². The van der Waals surface area contributed by atoms with Gasteiger partial charge in [0.15, 0.2) is 0 Å². The van der Waals surface area contributed by atoms with Crippen LogP contribution in [0.5, 0.6) is 0 Å². The van der Waals surface area contributed by atoms with Crippen molar-refractivity contribution in [3.63, 3.8) is 0 Å². The number of rotatable bonds is 5. The number of ether oxygens (including phenoxy) is 1. The Hall–Kier alpha value is -1.34. The van der Waals surface area contributed by atoms with Crippen LogP contribution < -0.4 is 10.6 Å². The Morgan fingerprint density at radius 2 is 2.24 bits per heavy atom. The molecule has 0 saturated carbocycles. The molecule has 4 N–H and O–H groups in total. The van der Waals surface area contributed by atoms with E-state index in [1.165, 1.54) is 0 Å². The largest absolute Gasteiger partial charge is 0.480 e. The van der Waals surface area contributed by atoms with Gasteiger partial charge in [-0.2, -0.15) is 0 Å². The number of carboxylic acid groups (broad SMARTS) is 1. The normalized spacial score (nSPS) is 25.3. The van der Waals surface area contributed by atoms with Crippen LogP contribution in [-0.2, 0) is 9.53 Å². The molecule has 98 valence electrons. The van der Waals surface area contributed by atoms with Gasteiger partial charge >= 0.3 is 12.0 Å². The van der Waals surface area contributed by atoms with E-state index in [1.54, 1.807) is 0 Å². The second kappa shape index (κ2) is 6.41. The summed E-state index contributed by atoms with van der Waals surface area (Å²) in [6.07, 6.45) is 0.632. The van der Waals surface area contributed by atoms with Gasteiger partial charge in [0.2, 0.25) is 0 Å². The lowest BCUT2D eigenvalue weighted by molar-refractivity contribution is -0.139. The molecule has 1 fully saturated rings. The zero-order valence-corrected chi connectivity index (χ0v) is 9.68. The SMILES string of the molecule is CC1OCCC1NC(=O)N[C@H](CCO)C(=O)O. The van der Waals surface area contributed by atoms with E-state index in [0.717, 1.165) is 0 Å². The first-order valence-electron chi connectivity index (χ1n) is 5.57. The minimum absolute atomic E-state index is 0.0144. The number of aliphatic carboxylic acids is 1. The van der Waals surface area contributed by atoms with Crippen LogP contribution in [0.25, 0.3) is 0 Å². The zero-order chi connectivity index (χ0) is 12.8. The fourth-order valence-corrected chi connectivity index (χ4v) is 1.68. The molecule has 2 amide bonds. The summed E-state index contributed by atoms with van der Waals surface area (Å²) in [6, 6.07) is -1.72. The number of hydrogen-bond acceptors (Lipinski definition) is 4. The van der Waals surface area contributed by atoms with Crippen LogP contribution in [0.3, 0.4) is 0 Å². The molecule has 3 atom stereocenters. The molecule has 0 radical (unpaired) electrons. The lowest BCUT2D eigenvalue weighted by Crippen LogP contribution is -2.50. The zero-order valence-electron chi connectivity index (χ0n) is 9.68. The van der Waals surface area contributed by atoms with Gasteiger partial charge in [0.1, 0.15) is 6.04 Å². The Labute approximate surface area is 99.1 Å². The average Bonchev–Trinajstić information content (AvgIpc) is 2.63. The van der Waals surface area contributed by atoms with Crippen LogP contribution in [0, 0.1) is 0 Å². The third-order valence-electron chi connectivity index (χ3n) is 2.71. The van der Waals surface area contributed by atoms with E-state index in [-0.39, 0.29) is 25.2 Å². The van der Waals surface area contributed by atoms with Crippen molar-refractivity contribution in [3.8, 4) is 0 Å². The van der Waals surface area contributed by atoms with E-state index in [2.05, 4.69) is 10.6 Å². The summed E-state index contributed by atoms with van der Waals surface area (Å²) in [7, 11) is 0. The van der Waals surface area contributed by atoms with Crippen molar-refractivity contribution in [2.45, 2.75) is 38.0 Å². The molecule has 0 bridgehead atoms. The van der Waals surface area contributed by atoms with Crippen LogP contribution in [-0.4, -0.2) is 53.6 Å². The average molecular weight is 246 g/mol. The summed E-state index contributed by atoms with van der Waals surface area (Å²) >= 11 is 0. The van der Waals surface area contributed by atoms with Gasteiger partial charge in [0.25, 0.3) is 0 Å². The van der Waals surface area contributed by atoms with E-state index >= 15 is 0 Å². The number of aliphatic hydroxyl groups excluding tert-OH is 1. The maximum absolute atomic E-state index is 11.5. The number of urea groups is 1. The molecule has 0 aromatic heterocycles. The summed E-state index contributed by atoms with van der Waals surface area (Å²) in [5.41, 5.74) is 0. The van der Waals surface area contributed by atoms with Crippen molar-refractivity contribution in [1.82, 2.24) is 10.6 Å². The molecule has 1 aliphatic rings. The Balaban J connectivity index is 2.39. The van der Waals surface area contributed by atoms with Gasteiger partial charge < -0.3 is 25.6 Å². The summed E-state index contributed by atoms with van der Waals surface area (Å²) < 4.78 is 5.27. The topological polar surface area (TPSA) is 108 Å². The van der Waals surface area contributed by atoms with Crippen molar-refractivity contribution in [3.05, 3.63) is 0 Å². The van der Waals surface area contributed by atoms with Gasteiger partial charge in [0.05, 0.1) is 12.1 Å². The highest BCUT2D eigenvalue weighted by atomic mass is 16.5. The smallest absolute Gasteiger partial charge is 0.326 e. The number of carbonyl (C=O) groups excluding carboxylic acids is 1. The molecule has 7 heteroatoms. The monoisotopic (exact) mass is 246 g/mol. The van der Waals surface area contributed by atoms with Gasteiger partial charge in [-0.15, -0.1) is 0 Å². The van der Waals surface area contributed by atoms with Crippen LogP contribution >= 0.6 is 0 Å². The lowest BCUT2D eigenvalue weighted by atomic mass is 10.1. The molecule has 1 aliphatic heterocycles. The number of aliphatic hydroxyl groups is 1. The van der Waals surface area contributed by atoms with E-state index in [4.69, 9.17) is 14.9 Å². The lowest BCUT2D eigenvalue weighted by Gasteiger charge is -2.19. The Morgan fingerprint density at radius 3 is 2.71 bits per heavy atom. The third kappa shape index (κ3) is 4.20. The maximum atomic E-state index is 11.5. The molecule has 1 heterocycles. The van der Waals surface area contributed by atoms with E-state index in [9.17, 15) is 9.59 Å². The van der Waals surface area contributed by atoms with Crippen molar-refractivity contribution in [1.29, 1.82) is 0 Å². The Kier molecular flexibility index (Phi) is 5.17. The molecule has 0 aromatic carbocycles. The van der Waals surface area contributed by atoms with Crippen LogP contribution in [0.1, 0.15) is 19.8 Å². The highest BCUT2D eigenvalue weighted by molar-refractivity contribution is 5.82. The molecule has 17 heavy (non-hydrogen) atoms. The maximum Gasteiger partial charge on any atom is 0.326 e. The van der Waals surface area contributed by atoms with E-state index < -0.39 is 18.0 Å². The second-order valence-electron chi connectivity index (χ2n) is 3.99. The molecule has 2 unspecified atom stereocenters. The summed E-state index contributed by atoms with van der Waals surface area (Å²) in [5, 5.41) is 22.4. The predicted molar refractivity (Wildman–Crippen MR) is 58.6 cm³/mol. The highest BCUT2D eigenvalue weighted by Crippen LogP contribution is 2.12. The molecule has 7 nitrogen and oxygen atoms in total. The molecule has 0 aliphatic carbocycles. The van der Waals surface area contributed by atoms with Gasteiger partial charge in [-0.1, -0.05) is 0 Å². The number of nitrogens with one attached hydrogen (secondary N) is 2. The third-order valence-corrected chi connectivity index (χ3v) is 2.71. The molecule has 0 spiro atoms. The van der Waals surface area contributed by atoms with Gasteiger partial charge in [-0.05, 0) is 13.3 Å². The van der Waals surface area contributed by atoms with Crippen molar-refractivity contribution < 1.29 is 24.5 Å². The molecule has 0 aromatic rings. The fourth-order valence-electron chi connectivity index (χ4n) is 1.68. The number of carbonyl (C=O) groups is 2. The predicted octanol–water partition coefficient (Wildman–Crippen LogP) is -0.701. The van der Waals surface area contributed by atoms with Crippen LogP contribution in [0.2, 0.25) is 0 Å². The first-order valence-corrected chi connectivity index (χ1v) is 5.57. The Morgan fingerprint density at radius 1 is 1.53 bits per heavy atom. The summed E-state index contributed by atoms with van der Waals surface area (Å²) in [4.78, 5) is 22.3. The van der Waals surface area contributed by atoms with Crippen LogP contribution in [0.4, 0.5) is 4.79 Å². The van der Waals surface area contributed by atoms with Gasteiger partial charge in [-0.3, -0.25) is 0 Å². The van der Waals surface area contributed by atoms with E-state index in [0.29, 0.717) is 13.0 Å². The molecule has 1 saturated heterocycles. The van der Waals surface area contributed by atoms with E-state index in [1.807, 2.05) is 6.92 Å². The van der Waals surface area contributed by atoms with Crippen molar-refractivity contribution in [2.75, 3.05) is 13.2 Å². The number of hydrogen-bond donors (Lipinski definition) is 4. The van der Waals surface area contributed by atoms with Crippen LogP contribution in [0.15, 0.2) is 0 Å². The van der Waals surface area contributed by atoms with Crippen molar-refractivity contribution in [2.24, 2.45) is 0 Å². The number of amides is 2. The summed E-state index contributed by atoms with van der Waals surface area (Å²) in [6.45, 7) is 2.14. The first kappa shape index (κ1) is 13.7. The molecular formula is C10H18N2O5. The summed E-state index contributed by atoms with van der Waals surface area (Å²) in [5.74, 6) is -1.16. The molecule has 1 rings (SSSR count). The second-order valence-corrected chi connectivity index (χ2v) is 3.99. The Bertz CT molecular complexity index is 284. The minimum atomic E-state index is -1.16. The fraction of sp³-hybridized carbons (Fsp3) is 0.800. The van der Waals surface area contributed by atoms with Crippen molar-refractivity contribution >= 4 is 12.0 Å².